The Balaban J connectivity index is 1.54. The minimum Gasteiger partial charge on any atom is -0.270 e. The molecule has 4 amide bonds. The summed E-state index contributed by atoms with van der Waals surface area (Å²) in [5.74, 6) is -1.90. The Morgan fingerprint density at radius 2 is 0.889 bits per heavy atom. The van der Waals surface area contributed by atoms with Gasteiger partial charge in [0.25, 0.3) is 23.6 Å². The van der Waals surface area contributed by atoms with Crippen LogP contribution in [0.15, 0.2) is 81.7 Å². The van der Waals surface area contributed by atoms with Crippen molar-refractivity contribution in [3.8, 4) is 0 Å². The van der Waals surface area contributed by atoms with Crippen LogP contribution in [0.2, 0.25) is 0 Å². The minimum absolute atomic E-state index is 0.107. The van der Waals surface area contributed by atoms with E-state index in [2.05, 4.69) is 31.9 Å². The summed E-state index contributed by atoms with van der Waals surface area (Å²) in [6.45, 7) is 0.214. The van der Waals surface area contributed by atoms with Crippen molar-refractivity contribution in [1.82, 2.24) is 9.80 Å². The number of benzene rings is 4. The Bertz CT molecular complexity index is 1510. The molecule has 0 N–H and O–H groups in total. The molecule has 0 aromatic heterocycles. The SMILES string of the molecule is O=C1c2cc(Br)c3c4c(cc(Br)c(c24)C(=O)N1Cc1ccccc1)C(=O)N(Cc1ccccc1)C3=O. The van der Waals surface area contributed by atoms with Crippen molar-refractivity contribution in [2.24, 2.45) is 0 Å². The van der Waals surface area contributed by atoms with E-state index in [1.807, 2.05) is 60.7 Å². The van der Waals surface area contributed by atoms with Gasteiger partial charge in [-0.15, -0.1) is 0 Å². The third-order valence-corrected chi connectivity index (χ3v) is 7.80. The van der Waals surface area contributed by atoms with Crippen molar-refractivity contribution in [1.29, 1.82) is 0 Å². The van der Waals surface area contributed by atoms with Gasteiger partial charge >= 0.3 is 0 Å². The van der Waals surface area contributed by atoms with Crippen LogP contribution in [0.25, 0.3) is 10.8 Å². The number of halogens is 2. The first kappa shape index (κ1) is 22.8. The van der Waals surface area contributed by atoms with Crippen LogP contribution in [0, 0.1) is 0 Å². The third kappa shape index (κ3) is 3.36. The number of carbonyl (C=O) groups excluding carboxylic acids is 4. The second-order valence-electron chi connectivity index (χ2n) is 8.68. The predicted octanol–water partition coefficient (Wildman–Crippen LogP) is 5.96. The highest BCUT2D eigenvalue weighted by Crippen LogP contribution is 2.44. The summed E-state index contributed by atoms with van der Waals surface area (Å²) >= 11 is 6.96. The van der Waals surface area contributed by atoms with E-state index in [4.69, 9.17) is 0 Å². The molecule has 0 radical (unpaired) electrons. The maximum Gasteiger partial charge on any atom is 0.262 e. The number of hydrogen-bond donors (Lipinski definition) is 0. The van der Waals surface area contributed by atoms with Gasteiger partial charge in [-0.2, -0.15) is 0 Å². The number of hydrogen-bond acceptors (Lipinski definition) is 4. The topological polar surface area (TPSA) is 74.8 Å². The zero-order valence-electron chi connectivity index (χ0n) is 18.6. The summed E-state index contributed by atoms with van der Waals surface area (Å²) in [5.41, 5.74) is 2.70. The van der Waals surface area contributed by atoms with Crippen LogP contribution in [0.5, 0.6) is 0 Å². The fourth-order valence-electron chi connectivity index (χ4n) is 4.89. The summed E-state index contributed by atoms with van der Waals surface area (Å²) < 4.78 is 0.801. The van der Waals surface area contributed by atoms with Gasteiger partial charge in [0, 0.05) is 30.8 Å². The first-order valence-electron chi connectivity index (χ1n) is 11.2. The fourth-order valence-corrected chi connectivity index (χ4v) is 6.08. The number of imide groups is 2. The number of amides is 4. The molecule has 0 aliphatic carbocycles. The highest BCUT2D eigenvalue weighted by molar-refractivity contribution is 9.10. The molecule has 0 spiro atoms. The minimum atomic E-state index is -0.477. The van der Waals surface area contributed by atoms with Crippen molar-refractivity contribution in [3.63, 3.8) is 0 Å². The standard InChI is InChI=1S/C28H16Br2N2O4/c29-19-12-18-22-21-17(25(33)31(27(35)23(19)21)13-15-7-3-1-4-8-15)11-20(30)24(22)28(36)32(26(18)34)14-16-9-5-2-6-10-16/h1-12H,13-14H2. The molecule has 0 saturated heterocycles. The molecule has 0 saturated carbocycles. The highest BCUT2D eigenvalue weighted by atomic mass is 79.9. The first-order valence-corrected chi connectivity index (χ1v) is 12.7. The summed E-state index contributed by atoms with van der Waals surface area (Å²) in [7, 11) is 0. The summed E-state index contributed by atoms with van der Waals surface area (Å²) in [6, 6.07) is 21.7. The average Bonchev–Trinajstić information content (AvgIpc) is 2.88. The van der Waals surface area contributed by atoms with Gasteiger partial charge in [0.05, 0.1) is 24.2 Å². The molecule has 176 valence electrons. The number of rotatable bonds is 4. The van der Waals surface area contributed by atoms with Crippen molar-refractivity contribution >= 4 is 66.3 Å². The molecule has 36 heavy (non-hydrogen) atoms. The van der Waals surface area contributed by atoms with Crippen LogP contribution in [0.3, 0.4) is 0 Å². The lowest BCUT2D eigenvalue weighted by Gasteiger charge is -2.33. The number of nitrogens with zero attached hydrogens (tertiary/aromatic N) is 2. The summed E-state index contributed by atoms with van der Waals surface area (Å²) in [4.78, 5) is 56.7. The Labute approximate surface area is 222 Å². The maximum absolute atomic E-state index is 13.6. The van der Waals surface area contributed by atoms with E-state index in [0.717, 1.165) is 11.1 Å². The van der Waals surface area contributed by atoms with E-state index in [1.54, 1.807) is 12.1 Å². The van der Waals surface area contributed by atoms with E-state index in [-0.39, 0.29) is 35.3 Å². The lowest BCUT2D eigenvalue weighted by atomic mass is 9.85. The molecule has 6 nitrogen and oxygen atoms in total. The van der Waals surface area contributed by atoms with Crippen LogP contribution in [-0.2, 0) is 13.1 Å². The monoisotopic (exact) mass is 602 g/mol. The second kappa shape index (κ2) is 8.50. The van der Waals surface area contributed by atoms with Gasteiger partial charge in [0.15, 0.2) is 0 Å². The van der Waals surface area contributed by atoms with Crippen molar-refractivity contribution in [3.05, 3.63) is 115 Å². The predicted molar refractivity (Wildman–Crippen MR) is 141 cm³/mol. The molecule has 2 aliphatic heterocycles. The fraction of sp³-hybridized carbons (Fsp3) is 0.0714. The molecule has 0 atom stereocenters. The summed E-state index contributed by atoms with van der Waals surface area (Å²) in [5, 5.41) is 0.663. The quantitative estimate of drug-likeness (QED) is 0.270. The van der Waals surface area contributed by atoms with E-state index in [0.29, 0.717) is 19.7 Å². The molecule has 2 heterocycles. The van der Waals surface area contributed by atoms with E-state index in [1.165, 1.54) is 9.80 Å². The Morgan fingerprint density at radius 3 is 1.25 bits per heavy atom. The van der Waals surface area contributed by atoms with E-state index in [9.17, 15) is 19.2 Å². The molecular weight excluding hydrogens is 588 g/mol. The zero-order valence-corrected chi connectivity index (χ0v) is 21.8. The molecule has 0 bridgehead atoms. The molecule has 0 fully saturated rings. The summed E-state index contributed by atoms with van der Waals surface area (Å²) in [6.07, 6.45) is 0. The number of carbonyl (C=O) groups is 4. The van der Waals surface area contributed by atoms with Crippen LogP contribution in [0.1, 0.15) is 52.6 Å². The van der Waals surface area contributed by atoms with Gasteiger partial charge in [-0.3, -0.25) is 29.0 Å². The first-order chi connectivity index (χ1) is 17.4. The Kier molecular flexibility index (Phi) is 5.39. The van der Waals surface area contributed by atoms with Crippen LogP contribution < -0.4 is 0 Å². The lowest BCUT2D eigenvalue weighted by Crippen LogP contribution is -2.43. The maximum atomic E-state index is 13.6. The van der Waals surface area contributed by atoms with E-state index < -0.39 is 23.6 Å². The van der Waals surface area contributed by atoms with Crippen molar-refractivity contribution in [2.75, 3.05) is 0 Å². The van der Waals surface area contributed by atoms with Crippen LogP contribution >= 0.6 is 31.9 Å². The zero-order chi connectivity index (χ0) is 25.1. The molecular formula is C28H16Br2N2O4. The molecule has 8 heteroatoms. The largest absolute Gasteiger partial charge is 0.270 e. The average molecular weight is 604 g/mol. The van der Waals surface area contributed by atoms with Crippen molar-refractivity contribution < 1.29 is 19.2 Å². The van der Waals surface area contributed by atoms with Gasteiger partial charge in [-0.25, -0.2) is 0 Å². The lowest BCUT2D eigenvalue weighted by molar-refractivity contribution is 0.0576. The molecule has 6 rings (SSSR count). The Hall–Kier alpha value is -3.62. The second-order valence-corrected chi connectivity index (χ2v) is 10.4. The van der Waals surface area contributed by atoms with Crippen molar-refractivity contribution in [2.45, 2.75) is 13.1 Å². The third-order valence-electron chi connectivity index (χ3n) is 6.54. The van der Waals surface area contributed by atoms with Gasteiger partial charge in [0.1, 0.15) is 0 Å². The smallest absolute Gasteiger partial charge is 0.262 e. The molecule has 2 aliphatic rings. The molecule has 4 aromatic rings. The van der Waals surface area contributed by atoms with Gasteiger partial charge in [-0.05, 0) is 55.1 Å². The van der Waals surface area contributed by atoms with Gasteiger partial charge in [-0.1, -0.05) is 60.7 Å². The molecule has 4 aromatic carbocycles. The highest BCUT2D eigenvalue weighted by Gasteiger charge is 2.42. The van der Waals surface area contributed by atoms with Gasteiger partial charge in [0.2, 0.25) is 0 Å². The normalized spacial score (nSPS) is 14.7. The van der Waals surface area contributed by atoms with Gasteiger partial charge < -0.3 is 0 Å². The van der Waals surface area contributed by atoms with Crippen LogP contribution in [0.4, 0.5) is 0 Å². The van der Waals surface area contributed by atoms with E-state index >= 15 is 0 Å². The van der Waals surface area contributed by atoms with Crippen LogP contribution in [-0.4, -0.2) is 33.4 Å². The molecule has 0 unspecified atom stereocenters. The Morgan fingerprint density at radius 1 is 0.528 bits per heavy atom.